The number of hydrogen-bond donors (Lipinski definition) is 3. The number of amides is 1. The van der Waals surface area contributed by atoms with Crippen LogP contribution in [0, 0.1) is 5.92 Å². The number of rotatable bonds is 8. The Balaban J connectivity index is 1.84. The van der Waals surface area contributed by atoms with Crippen molar-refractivity contribution < 1.29 is 26.7 Å². The van der Waals surface area contributed by atoms with Crippen LogP contribution in [0.4, 0.5) is 5.69 Å². The fourth-order valence-corrected chi connectivity index (χ4v) is 7.10. The SMILES string of the molecule is CC(C)C(NS(=O)(=O)c1cccs1)C(=O)Nc1cc(S(=O)(=O)N2CCCC2)ccc1O. The number of phenolic OH excluding ortho intramolecular Hbond substituents is 1. The molecule has 1 aromatic heterocycles. The first-order valence-corrected chi connectivity index (χ1v) is 13.5. The standard InChI is InChI=1S/C19H25N3O6S3/c1-13(2)18(21-30(25,26)17-6-5-11-29-17)19(24)20-15-12-14(7-8-16(15)23)31(27,28)22-9-3-4-10-22/h5-8,11-13,18,21,23H,3-4,9-10H2,1-2H3,(H,20,24). The quantitative estimate of drug-likeness (QED) is 0.489. The van der Waals surface area contributed by atoms with Gasteiger partial charge in [0, 0.05) is 13.1 Å². The molecule has 2 heterocycles. The zero-order valence-corrected chi connectivity index (χ0v) is 19.6. The molecule has 170 valence electrons. The molecule has 1 amide bonds. The average molecular weight is 488 g/mol. The molecule has 3 N–H and O–H groups in total. The highest BCUT2D eigenvalue weighted by atomic mass is 32.2. The van der Waals surface area contributed by atoms with E-state index in [-0.39, 0.29) is 20.5 Å². The Hall–Kier alpha value is -1.99. The number of anilines is 1. The second kappa shape index (κ2) is 9.25. The summed E-state index contributed by atoms with van der Waals surface area (Å²) in [5, 5.41) is 14.2. The summed E-state index contributed by atoms with van der Waals surface area (Å²) in [5.74, 6) is -1.44. The van der Waals surface area contributed by atoms with Crippen molar-refractivity contribution in [1.82, 2.24) is 9.03 Å². The van der Waals surface area contributed by atoms with Crippen molar-refractivity contribution in [1.29, 1.82) is 0 Å². The number of nitrogens with zero attached hydrogens (tertiary/aromatic N) is 1. The molecule has 0 spiro atoms. The van der Waals surface area contributed by atoms with Crippen LogP contribution >= 0.6 is 11.3 Å². The Bertz CT molecular complexity index is 1140. The van der Waals surface area contributed by atoms with Crippen LogP contribution in [0.15, 0.2) is 44.8 Å². The van der Waals surface area contributed by atoms with Crippen LogP contribution in [0.25, 0.3) is 0 Å². The number of sulfonamides is 2. The van der Waals surface area contributed by atoms with Gasteiger partial charge in [0.15, 0.2) is 0 Å². The Kier molecular flexibility index (Phi) is 7.06. The second-order valence-electron chi connectivity index (χ2n) is 7.55. The Morgan fingerprint density at radius 1 is 1.13 bits per heavy atom. The predicted octanol–water partition coefficient (Wildman–Crippen LogP) is 2.18. The fraction of sp³-hybridized carbons (Fsp3) is 0.421. The molecule has 1 saturated heterocycles. The van der Waals surface area contributed by atoms with Crippen LogP contribution < -0.4 is 10.0 Å². The normalized spacial score (nSPS) is 16.5. The third-order valence-corrected chi connectivity index (χ3v) is 9.65. The minimum absolute atomic E-state index is 0.0530. The summed E-state index contributed by atoms with van der Waals surface area (Å²) in [7, 11) is -7.66. The lowest BCUT2D eigenvalue weighted by atomic mass is 10.0. The molecule has 0 aliphatic carbocycles. The lowest BCUT2D eigenvalue weighted by Crippen LogP contribution is -2.46. The molecular weight excluding hydrogens is 462 g/mol. The molecule has 1 unspecified atom stereocenters. The number of thiophene rings is 1. The molecule has 12 heteroatoms. The van der Waals surface area contributed by atoms with Gasteiger partial charge in [-0.3, -0.25) is 4.79 Å². The van der Waals surface area contributed by atoms with Gasteiger partial charge in [-0.2, -0.15) is 9.03 Å². The number of aromatic hydroxyl groups is 1. The molecule has 0 saturated carbocycles. The van der Waals surface area contributed by atoms with Crippen LogP contribution in [0.5, 0.6) is 5.75 Å². The smallest absolute Gasteiger partial charge is 0.250 e. The number of benzene rings is 1. The van der Waals surface area contributed by atoms with E-state index < -0.39 is 37.9 Å². The van der Waals surface area contributed by atoms with Gasteiger partial charge in [-0.05, 0) is 48.4 Å². The number of carbonyl (C=O) groups is 1. The van der Waals surface area contributed by atoms with Crippen LogP contribution in [-0.4, -0.2) is 51.3 Å². The summed E-state index contributed by atoms with van der Waals surface area (Å²) < 4.78 is 54.5. The van der Waals surface area contributed by atoms with Gasteiger partial charge >= 0.3 is 0 Å². The van der Waals surface area contributed by atoms with Crippen LogP contribution in [0.2, 0.25) is 0 Å². The fourth-order valence-electron chi connectivity index (χ4n) is 3.20. The number of nitrogens with one attached hydrogen (secondary N) is 2. The van der Waals surface area contributed by atoms with Gasteiger partial charge in [0.2, 0.25) is 15.9 Å². The van der Waals surface area contributed by atoms with E-state index in [1.807, 2.05) is 0 Å². The van der Waals surface area contributed by atoms with Crippen molar-refractivity contribution in [2.45, 2.75) is 41.8 Å². The predicted molar refractivity (Wildman–Crippen MR) is 118 cm³/mol. The minimum atomic E-state index is -3.91. The first-order chi connectivity index (χ1) is 14.5. The highest BCUT2D eigenvalue weighted by Gasteiger charge is 2.31. The van der Waals surface area contributed by atoms with Crippen molar-refractivity contribution >= 4 is 43.0 Å². The van der Waals surface area contributed by atoms with E-state index >= 15 is 0 Å². The van der Waals surface area contributed by atoms with E-state index in [9.17, 15) is 26.7 Å². The van der Waals surface area contributed by atoms with Gasteiger partial charge in [0.05, 0.1) is 10.6 Å². The highest BCUT2D eigenvalue weighted by molar-refractivity contribution is 7.91. The first-order valence-electron chi connectivity index (χ1n) is 9.72. The highest BCUT2D eigenvalue weighted by Crippen LogP contribution is 2.30. The molecular formula is C19H25N3O6S3. The topological polar surface area (TPSA) is 133 Å². The summed E-state index contributed by atoms with van der Waals surface area (Å²) in [4.78, 5) is 12.8. The zero-order chi connectivity index (χ0) is 22.8. The largest absolute Gasteiger partial charge is 0.506 e. The summed E-state index contributed by atoms with van der Waals surface area (Å²) in [5.41, 5.74) is -0.105. The lowest BCUT2D eigenvalue weighted by Gasteiger charge is -2.22. The molecule has 3 rings (SSSR count). The average Bonchev–Trinajstić information content (AvgIpc) is 3.41. The van der Waals surface area contributed by atoms with Gasteiger partial charge < -0.3 is 10.4 Å². The van der Waals surface area contributed by atoms with Crippen LogP contribution in [-0.2, 0) is 24.8 Å². The van der Waals surface area contributed by atoms with E-state index in [1.54, 1.807) is 25.3 Å². The molecule has 2 aromatic rings. The maximum atomic E-state index is 12.9. The Morgan fingerprint density at radius 3 is 2.39 bits per heavy atom. The van der Waals surface area contributed by atoms with Gasteiger partial charge in [-0.1, -0.05) is 19.9 Å². The molecule has 1 atom stereocenters. The molecule has 1 aliphatic rings. The van der Waals surface area contributed by atoms with E-state index in [4.69, 9.17) is 0 Å². The van der Waals surface area contributed by atoms with Crippen LogP contribution in [0.1, 0.15) is 26.7 Å². The van der Waals surface area contributed by atoms with Gasteiger partial charge in [0.1, 0.15) is 16.0 Å². The summed E-state index contributed by atoms with van der Waals surface area (Å²) in [6.07, 6.45) is 1.56. The first kappa shape index (κ1) is 23.7. The van der Waals surface area contributed by atoms with Gasteiger partial charge in [0.25, 0.3) is 10.0 Å². The number of carbonyl (C=O) groups excluding carboxylic acids is 1. The molecule has 1 aromatic carbocycles. The summed E-state index contributed by atoms with van der Waals surface area (Å²) >= 11 is 1.02. The third-order valence-electron chi connectivity index (χ3n) is 4.92. The molecule has 0 radical (unpaired) electrons. The second-order valence-corrected chi connectivity index (χ2v) is 12.4. The van der Waals surface area contributed by atoms with E-state index in [2.05, 4.69) is 10.0 Å². The summed E-state index contributed by atoms with van der Waals surface area (Å²) in [6.45, 7) is 4.19. The zero-order valence-electron chi connectivity index (χ0n) is 17.1. The van der Waals surface area contributed by atoms with E-state index in [1.165, 1.54) is 28.6 Å². The van der Waals surface area contributed by atoms with E-state index in [0.717, 1.165) is 24.2 Å². The Labute approximate surface area is 186 Å². The van der Waals surface area contributed by atoms with Gasteiger partial charge in [-0.25, -0.2) is 16.8 Å². The summed E-state index contributed by atoms with van der Waals surface area (Å²) in [6, 6.07) is 5.54. The molecule has 9 nitrogen and oxygen atoms in total. The monoisotopic (exact) mass is 487 g/mol. The molecule has 0 bridgehead atoms. The maximum Gasteiger partial charge on any atom is 0.250 e. The minimum Gasteiger partial charge on any atom is -0.506 e. The van der Waals surface area contributed by atoms with E-state index in [0.29, 0.717) is 13.1 Å². The third kappa shape index (κ3) is 5.26. The Morgan fingerprint density at radius 2 is 1.81 bits per heavy atom. The van der Waals surface area contributed by atoms with Gasteiger partial charge in [-0.15, -0.1) is 11.3 Å². The van der Waals surface area contributed by atoms with Crippen molar-refractivity contribution in [2.75, 3.05) is 18.4 Å². The van der Waals surface area contributed by atoms with Crippen molar-refractivity contribution in [3.63, 3.8) is 0 Å². The molecule has 31 heavy (non-hydrogen) atoms. The lowest BCUT2D eigenvalue weighted by molar-refractivity contribution is -0.118. The van der Waals surface area contributed by atoms with Crippen LogP contribution in [0.3, 0.4) is 0 Å². The maximum absolute atomic E-state index is 12.9. The number of hydrogen-bond acceptors (Lipinski definition) is 7. The van der Waals surface area contributed by atoms with Crippen molar-refractivity contribution in [3.8, 4) is 5.75 Å². The van der Waals surface area contributed by atoms with Crippen molar-refractivity contribution in [2.24, 2.45) is 5.92 Å². The molecule has 1 aliphatic heterocycles. The number of phenols is 1. The molecule has 1 fully saturated rings. The van der Waals surface area contributed by atoms with Crippen molar-refractivity contribution in [3.05, 3.63) is 35.7 Å².